The highest BCUT2D eigenvalue weighted by molar-refractivity contribution is 7.92. The summed E-state index contributed by atoms with van der Waals surface area (Å²) in [6, 6.07) is 2.98. The van der Waals surface area contributed by atoms with Gasteiger partial charge in [0.05, 0.1) is 16.3 Å². The minimum Gasteiger partial charge on any atom is -0.396 e. The number of nitrogen functional groups attached to an aromatic ring is 1. The lowest BCUT2D eigenvalue weighted by Gasteiger charge is -2.10. The summed E-state index contributed by atoms with van der Waals surface area (Å²) in [5.41, 5.74) is 4.12. The maximum atomic E-state index is 13.5. The van der Waals surface area contributed by atoms with Gasteiger partial charge in [-0.1, -0.05) is 0 Å². The lowest BCUT2D eigenvalue weighted by molar-refractivity contribution is 0.504. The maximum absolute atomic E-state index is 13.5. The number of hydrogen-bond donors (Lipinski definition) is 2. The van der Waals surface area contributed by atoms with Crippen molar-refractivity contribution in [2.24, 2.45) is 0 Å². The van der Waals surface area contributed by atoms with Crippen LogP contribution in [-0.4, -0.2) is 8.42 Å². The SMILES string of the molecule is Nc1cc(NS(=O)(=O)c2ccc(F)c(F)c2)c(F)cc1F. The second-order valence-electron chi connectivity index (χ2n) is 4.03. The molecule has 112 valence electrons. The highest BCUT2D eigenvalue weighted by Gasteiger charge is 2.19. The molecule has 0 saturated carbocycles. The first kappa shape index (κ1) is 15.1. The Kier molecular flexibility index (Phi) is 3.77. The Hall–Kier alpha value is -2.29. The third-order valence-electron chi connectivity index (χ3n) is 2.53. The van der Waals surface area contributed by atoms with Gasteiger partial charge in [-0.25, -0.2) is 26.0 Å². The number of nitrogens with two attached hydrogens (primary N) is 1. The zero-order chi connectivity index (χ0) is 15.8. The second-order valence-corrected chi connectivity index (χ2v) is 5.72. The molecule has 0 aromatic heterocycles. The van der Waals surface area contributed by atoms with Crippen molar-refractivity contribution in [3.05, 3.63) is 53.6 Å². The molecule has 0 bridgehead atoms. The zero-order valence-electron chi connectivity index (χ0n) is 10.2. The van der Waals surface area contributed by atoms with Crippen molar-refractivity contribution in [1.29, 1.82) is 0 Å². The van der Waals surface area contributed by atoms with Gasteiger partial charge in [-0.3, -0.25) is 4.72 Å². The quantitative estimate of drug-likeness (QED) is 0.674. The summed E-state index contributed by atoms with van der Waals surface area (Å²) in [5, 5.41) is 0. The summed E-state index contributed by atoms with van der Waals surface area (Å²) in [4.78, 5) is -0.622. The molecule has 0 fully saturated rings. The Balaban J connectivity index is 2.42. The number of anilines is 2. The van der Waals surface area contributed by atoms with Crippen molar-refractivity contribution in [3.63, 3.8) is 0 Å². The van der Waals surface area contributed by atoms with Crippen molar-refractivity contribution in [2.75, 3.05) is 10.5 Å². The molecule has 0 radical (unpaired) electrons. The van der Waals surface area contributed by atoms with Crippen molar-refractivity contribution < 1.29 is 26.0 Å². The molecule has 2 aromatic rings. The highest BCUT2D eigenvalue weighted by atomic mass is 32.2. The lowest BCUT2D eigenvalue weighted by atomic mass is 10.2. The molecule has 2 aromatic carbocycles. The number of rotatable bonds is 3. The Morgan fingerprint density at radius 3 is 2.14 bits per heavy atom. The standard InChI is InChI=1S/C12H8F4N2O2S/c13-7-2-1-6(3-8(7)14)21(19,20)18-12-5-11(17)9(15)4-10(12)16/h1-5,18H,17H2. The van der Waals surface area contributed by atoms with Crippen LogP contribution in [0.5, 0.6) is 0 Å². The second kappa shape index (κ2) is 5.24. The van der Waals surface area contributed by atoms with Gasteiger partial charge in [0, 0.05) is 6.07 Å². The Morgan fingerprint density at radius 2 is 1.52 bits per heavy atom. The monoisotopic (exact) mass is 320 g/mol. The van der Waals surface area contributed by atoms with Crippen LogP contribution in [0.25, 0.3) is 0 Å². The molecule has 9 heteroatoms. The normalized spacial score (nSPS) is 11.4. The molecular weight excluding hydrogens is 312 g/mol. The van der Waals surface area contributed by atoms with Gasteiger partial charge in [-0.05, 0) is 24.3 Å². The van der Waals surface area contributed by atoms with Crippen LogP contribution in [0.1, 0.15) is 0 Å². The summed E-state index contributed by atoms with van der Waals surface area (Å²) in [6.07, 6.45) is 0. The fourth-order valence-corrected chi connectivity index (χ4v) is 2.56. The first-order chi connectivity index (χ1) is 9.70. The third kappa shape index (κ3) is 3.07. The molecule has 0 atom stereocenters. The molecule has 0 saturated heterocycles. The van der Waals surface area contributed by atoms with Gasteiger partial charge in [0.2, 0.25) is 0 Å². The number of sulfonamides is 1. The van der Waals surface area contributed by atoms with E-state index in [2.05, 4.69) is 0 Å². The molecule has 0 aliphatic rings. The molecule has 0 aliphatic carbocycles. The largest absolute Gasteiger partial charge is 0.396 e. The van der Waals surface area contributed by atoms with E-state index in [1.807, 2.05) is 0 Å². The molecule has 3 N–H and O–H groups in total. The van der Waals surface area contributed by atoms with E-state index in [4.69, 9.17) is 5.73 Å². The molecule has 0 unspecified atom stereocenters. The summed E-state index contributed by atoms with van der Waals surface area (Å²) in [5.74, 6) is -4.86. The van der Waals surface area contributed by atoms with Crippen LogP contribution >= 0.6 is 0 Å². The van der Waals surface area contributed by atoms with Crippen LogP contribution in [0, 0.1) is 23.3 Å². The van der Waals surface area contributed by atoms with Crippen LogP contribution in [-0.2, 0) is 10.0 Å². The van der Waals surface area contributed by atoms with E-state index in [0.29, 0.717) is 18.2 Å². The maximum Gasteiger partial charge on any atom is 0.262 e. The Labute approximate surface area is 117 Å². The minimum absolute atomic E-state index is 0.401. The van der Waals surface area contributed by atoms with Gasteiger partial charge < -0.3 is 5.73 Å². The van der Waals surface area contributed by atoms with Gasteiger partial charge >= 0.3 is 0 Å². The van der Waals surface area contributed by atoms with Crippen LogP contribution in [0.4, 0.5) is 28.9 Å². The summed E-state index contributed by atoms with van der Waals surface area (Å²) < 4.78 is 77.8. The van der Waals surface area contributed by atoms with E-state index in [0.717, 1.165) is 12.1 Å². The Bertz CT molecular complexity index is 809. The first-order valence-electron chi connectivity index (χ1n) is 5.43. The highest BCUT2D eigenvalue weighted by Crippen LogP contribution is 2.24. The van der Waals surface area contributed by atoms with E-state index in [1.165, 1.54) is 0 Å². The predicted molar refractivity (Wildman–Crippen MR) is 67.9 cm³/mol. The van der Waals surface area contributed by atoms with Crippen molar-refractivity contribution in [1.82, 2.24) is 0 Å². The van der Waals surface area contributed by atoms with Gasteiger partial charge in [0.1, 0.15) is 11.6 Å². The van der Waals surface area contributed by atoms with E-state index in [9.17, 15) is 26.0 Å². The molecule has 0 aliphatic heterocycles. The summed E-state index contributed by atoms with van der Waals surface area (Å²) in [6.45, 7) is 0. The summed E-state index contributed by atoms with van der Waals surface area (Å²) in [7, 11) is -4.38. The molecule has 0 heterocycles. The van der Waals surface area contributed by atoms with Gasteiger partial charge in [0.25, 0.3) is 10.0 Å². The van der Waals surface area contributed by atoms with E-state index < -0.39 is 49.6 Å². The van der Waals surface area contributed by atoms with Gasteiger partial charge in [0.15, 0.2) is 11.6 Å². The van der Waals surface area contributed by atoms with Crippen LogP contribution < -0.4 is 10.5 Å². The number of halogens is 4. The average Bonchev–Trinajstić information content (AvgIpc) is 2.39. The van der Waals surface area contributed by atoms with Crippen LogP contribution in [0.3, 0.4) is 0 Å². The smallest absolute Gasteiger partial charge is 0.262 e. The van der Waals surface area contributed by atoms with E-state index >= 15 is 0 Å². The Morgan fingerprint density at radius 1 is 0.857 bits per heavy atom. The van der Waals surface area contributed by atoms with Gasteiger partial charge in [-0.2, -0.15) is 0 Å². The molecular formula is C12H8F4N2O2S. The minimum atomic E-state index is -4.38. The van der Waals surface area contributed by atoms with Crippen LogP contribution in [0.15, 0.2) is 35.2 Å². The molecule has 21 heavy (non-hydrogen) atoms. The fourth-order valence-electron chi connectivity index (χ4n) is 1.49. The topological polar surface area (TPSA) is 72.2 Å². The fraction of sp³-hybridized carbons (Fsp3) is 0. The molecule has 4 nitrogen and oxygen atoms in total. The predicted octanol–water partition coefficient (Wildman–Crippen LogP) is 2.63. The van der Waals surface area contributed by atoms with Crippen molar-refractivity contribution >= 4 is 21.4 Å². The van der Waals surface area contributed by atoms with Crippen molar-refractivity contribution in [3.8, 4) is 0 Å². The molecule has 0 spiro atoms. The number of benzene rings is 2. The van der Waals surface area contributed by atoms with Crippen molar-refractivity contribution in [2.45, 2.75) is 4.90 Å². The number of hydrogen-bond acceptors (Lipinski definition) is 3. The number of nitrogens with one attached hydrogen (secondary N) is 1. The average molecular weight is 320 g/mol. The van der Waals surface area contributed by atoms with E-state index in [-0.39, 0.29) is 0 Å². The first-order valence-corrected chi connectivity index (χ1v) is 6.91. The van der Waals surface area contributed by atoms with E-state index in [1.54, 1.807) is 4.72 Å². The molecule has 2 rings (SSSR count). The lowest BCUT2D eigenvalue weighted by Crippen LogP contribution is -2.15. The zero-order valence-corrected chi connectivity index (χ0v) is 11.0. The van der Waals surface area contributed by atoms with Gasteiger partial charge in [-0.15, -0.1) is 0 Å². The molecule has 0 amide bonds. The van der Waals surface area contributed by atoms with Crippen LogP contribution in [0.2, 0.25) is 0 Å². The third-order valence-corrected chi connectivity index (χ3v) is 3.90. The summed E-state index contributed by atoms with van der Waals surface area (Å²) >= 11 is 0.